The highest BCUT2D eigenvalue weighted by molar-refractivity contribution is 7.26. The highest BCUT2D eigenvalue weighted by Crippen LogP contribution is 2.50. The third-order valence-electron chi connectivity index (χ3n) is 8.66. The number of halogens is 1. The Morgan fingerprint density at radius 1 is 0.362 bits per heavy atom. The van der Waals surface area contributed by atoms with Crippen molar-refractivity contribution in [2.75, 3.05) is 9.80 Å². The molecule has 0 atom stereocenters. The molecule has 0 aliphatic carbocycles. The summed E-state index contributed by atoms with van der Waals surface area (Å²) in [6, 6.07) is 58.3. The van der Waals surface area contributed by atoms with Crippen LogP contribution in [0.15, 0.2) is 164 Å². The van der Waals surface area contributed by atoms with E-state index in [9.17, 15) is 0 Å². The fourth-order valence-corrected chi connectivity index (χ4v) is 9.35. The molecule has 0 unspecified atom stereocenters. The van der Waals surface area contributed by atoms with E-state index in [2.05, 4.69) is 174 Å². The summed E-state index contributed by atoms with van der Waals surface area (Å²) in [5.74, 6) is 0. The van der Waals surface area contributed by atoms with Crippen LogP contribution in [0.1, 0.15) is 0 Å². The van der Waals surface area contributed by atoms with E-state index in [-0.39, 0.29) is 0 Å². The predicted molar refractivity (Wildman–Crippen MR) is 207 cm³/mol. The second-order valence-electron chi connectivity index (χ2n) is 11.5. The van der Waals surface area contributed by atoms with E-state index in [1.165, 1.54) is 35.0 Å². The zero-order valence-electron chi connectivity index (χ0n) is 25.2. The topological polar surface area (TPSA) is 6.48 Å². The van der Waals surface area contributed by atoms with Crippen LogP contribution in [0.25, 0.3) is 40.3 Å². The molecule has 2 aromatic heterocycles. The first kappa shape index (κ1) is 28.1. The minimum absolute atomic E-state index is 0.758. The maximum atomic E-state index is 7.21. The van der Waals surface area contributed by atoms with Gasteiger partial charge in [-0.1, -0.05) is 103 Å². The van der Waals surface area contributed by atoms with Crippen molar-refractivity contribution in [3.05, 3.63) is 169 Å². The van der Waals surface area contributed by atoms with Crippen LogP contribution in [0.4, 0.5) is 34.1 Å². The molecule has 0 bridgehead atoms. The molecule has 0 N–H and O–H groups in total. The Morgan fingerprint density at radius 3 is 1.34 bits per heavy atom. The third kappa shape index (κ3) is 4.85. The second-order valence-corrected chi connectivity index (χ2v) is 14.1. The first-order chi connectivity index (χ1) is 23.2. The summed E-state index contributed by atoms with van der Waals surface area (Å²) in [5, 5.41) is 5.55. The van der Waals surface area contributed by atoms with Crippen molar-refractivity contribution in [2.45, 2.75) is 0 Å². The molecule has 0 spiro atoms. The average Bonchev–Trinajstić information content (AvgIpc) is 3.69. The summed E-state index contributed by atoms with van der Waals surface area (Å²) in [6.07, 6.45) is 0. The molecule has 0 aliphatic heterocycles. The van der Waals surface area contributed by atoms with Crippen LogP contribution in [-0.4, -0.2) is 0 Å². The van der Waals surface area contributed by atoms with Crippen LogP contribution in [0, 0.1) is 0 Å². The van der Waals surface area contributed by atoms with Gasteiger partial charge in [0.1, 0.15) is 0 Å². The highest BCUT2D eigenvalue weighted by Gasteiger charge is 2.24. The van der Waals surface area contributed by atoms with Crippen LogP contribution in [0.3, 0.4) is 0 Å². The molecule has 9 aromatic rings. The van der Waals surface area contributed by atoms with Gasteiger partial charge in [0.05, 0.1) is 10.7 Å². The number of thiophene rings is 2. The summed E-state index contributed by atoms with van der Waals surface area (Å²) in [6.45, 7) is 0. The van der Waals surface area contributed by atoms with Gasteiger partial charge >= 0.3 is 0 Å². The monoisotopic (exact) mass is 658 g/mol. The molecule has 224 valence electrons. The summed E-state index contributed by atoms with van der Waals surface area (Å²) in [5.41, 5.74) is 6.50. The fourth-order valence-electron chi connectivity index (χ4n) is 6.65. The number of hydrogen-bond acceptors (Lipinski definition) is 4. The van der Waals surface area contributed by atoms with Crippen LogP contribution in [-0.2, 0) is 0 Å². The maximum absolute atomic E-state index is 7.21. The fraction of sp³-hybridized carbons (Fsp3) is 0. The van der Waals surface area contributed by atoms with Crippen molar-refractivity contribution >= 4 is 109 Å². The maximum Gasteiger partial charge on any atom is 0.0575 e. The molecule has 47 heavy (non-hydrogen) atoms. The highest BCUT2D eigenvalue weighted by atomic mass is 35.5. The van der Waals surface area contributed by atoms with E-state index in [4.69, 9.17) is 11.6 Å². The van der Waals surface area contributed by atoms with Crippen molar-refractivity contribution < 1.29 is 0 Å². The molecule has 0 aliphatic rings. The minimum Gasteiger partial charge on any atom is -0.310 e. The summed E-state index contributed by atoms with van der Waals surface area (Å²) >= 11 is 10.8. The van der Waals surface area contributed by atoms with Gasteiger partial charge in [-0.15, -0.1) is 22.7 Å². The van der Waals surface area contributed by atoms with Crippen LogP contribution in [0.5, 0.6) is 0 Å². The van der Waals surface area contributed by atoms with Gasteiger partial charge < -0.3 is 9.80 Å². The SMILES string of the molecule is Clc1cc(N(c2ccccc2)c2cc(N(c3ccccc3)c3ccccc3)cc3sc4ccccc4c23)cc2sc3ccccc3c12. The Kier molecular flexibility index (Phi) is 6.93. The van der Waals surface area contributed by atoms with Gasteiger partial charge in [-0.25, -0.2) is 0 Å². The third-order valence-corrected chi connectivity index (χ3v) is 11.2. The zero-order valence-corrected chi connectivity index (χ0v) is 27.6. The molecule has 0 fully saturated rings. The van der Waals surface area contributed by atoms with Crippen LogP contribution >= 0.6 is 34.3 Å². The number of anilines is 6. The van der Waals surface area contributed by atoms with Crippen molar-refractivity contribution in [3.8, 4) is 0 Å². The smallest absolute Gasteiger partial charge is 0.0575 e. The van der Waals surface area contributed by atoms with Gasteiger partial charge in [-0.3, -0.25) is 0 Å². The lowest BCUT2D eigenvalue weighted by molar-refractivity contribution is 1.27. The number of para-hydroxylation sites is 3. The Bertz CT molecular complexity index is 2500. The molecule has 0 radical (unpaired) electrons. The summed E-state index contributed by atoms with van der Waals surface area (Å²) in [4.78, 5) is 4.73. The molecule has 2 heterocycles. The lowest BCUT2D eigenvalue weighted by Gasteiger charge is -2.30. The molecular formula is C42H27ClN2S2. The standard InChI is InChI=1S/C42H27ClN2S2/c43-35-24-31(26-39-41(35)33-20-10-12-22-37(33)46-39)45(30-18-8-3-9-19-30)36-25-32(27-40-42(36)34-21-11-13-23-38(34)47-40)44(28-14-4-1-5-15-28)29-16-6-2-7-17-29/h1-27H. The number of fused-ring (bicyclic) bond motifs is 6. The molecule has 9 rings (SSSR count). The Balaban J connectivity index is 1.37. The first-order valence-corrected chi connectivity index (χ1v) is 17.6. The normalized spacial score (nSPS) is 11.5. The average molecular weight is 659 g/mol. The number of hydrogen-bond donors (Lipinski definition) is 0. The summed E-state index contributed by atoms with van der Waals surface area (Å²) in [7, 11) is 0. The molecule has 0 saturated carbocycles. The van der Waals surface area contributed by atoms with Crippen LogP contribution in [0.2, 0.25) is 5.02 Å². The molecule has 2 nitrogen and oxygen atoms in total. The Hall–Kier alpha value is -5.13. The van der Waals surface area contributed by atoms with Crippen LogP contribution < -0.4 is 9.80 Å². The van der Waals surface area contributed by atoms with Crippen molar-refractivity contribution in [1.82, 2.24) is 0 Å². The first-order valence-electron chi connectivity index (χ1n) is 15.5. The zero-order chi connectivity index (χ0) is 31.3. The lowest BCUT2D eigenvalue weighted by atomic mass is 10.1. The largest absolute Gasteiger partial charge is 0.310 e. The van der Waals surface area contributed by atoms with E-state index in [1.54, 1.807) is 11.3 Å². The summed E-state index contributed by atoms with van der Waals surface area (Å²) < 4.78 is 4.90. The Labute approximate surface area is 285 Å². The quantitative estimate of drug-likeness (QED) is 0.175. The van der Waals surface area contributed by atoms with E-state index in [0.29, 0.717) is 0 Å². The van der Waals surface area contributed by atoms with E-state index in [1.807, 2.05) is 11.3 Å². The van der Waals surface area contributed by atoms with E-state index < -0.39 is 0 Å². The van der Waals surface area contributed by atoms with Crippen molar-refractivity contribution in [2.24, 2.45) is 0 Å². The molecular weight excluding hydrogens is 632 g/mol. The predicted octanol–water partition coefficient (Wildman–Crippen LogP) is 14.0. The molecule has 7 aromatic carbocycles. The second kappa shape index (κ2) is 11.6. The lowest BCUT2D eigenvalue weighted by Crippen LogP contribution is -2.13. The molecule has 5 heteroatoms. The number of nitrogens with zero attached hydrogens (tertiary/aromatic N) is 2. The molecule has 0 saturated heterocycles. The van der Waals surface area contributed by atoms with Crippen molar-refractivity contribution in [1.29, 1.82) is 0 Å². The van der Waals surface area contributed by atoms with Gasteiger partial charge in [-0.2, -0.15) is 0 Å². The van der Waals surface area contributed by atoms with Gasteiger partial charge in [0.15, 0.2) is 0 Å². The molecule has 0 amide bonds. The van der Waals surface area contributed by atoms with Crippen molar-refractivity contribution in [3.63, 3.8) is 0 Å². The Morgan fingerprint density at radius 2 is 0.787 bits per heavy atom. The minimum atomic E-state index is 0.758. The van der Waals surface area contributed by atoms with Gasteiger partial charge in [0, 0.05) is 68.8 Å². The number of benzene rings is 7. The van der Waals surface area contributed by atoms with E-state index in [0.717, 1.165) is 44.5 Å². The van der Waals surface area contributed by atoms with E-state index >= 15 is 0 Å². The van der Waals surface area contributed by atoms with Gasteiger partial charge in [-0.05, 0) is 72.8 Å². The van der Waals surface area contributed by atoms with Gasteiger partial charge in [0.25, 0.3) is 0 Å². The number of rotatable bonds is 6. The van der Waals surface area contributed by atoms with Gasteiger partial charge in [0.2, 0.25) is 0 Å².